The molecule has 4 rings (SSSR count). The standard InChI is InChI=1S/C26H25F5/c1-2-3-16-6-10-21-19(12-16)8-9-20-13-17(7-11-22(20)21)4-5-18-14-23(27)25(24(28)15-18)26(29,30)31/h7,11,13-16,19,21H,2-3,6,8-10,12H2,1H3/t16-,19-,21+/m1/s1. The zero-order chi connectivity index (χ0) is 22.2. The van der Waals surface area contributed by atoms with Gasteiger partial charge in [0.2, 0.25) is 0 Å². The van der Waals surface area contributed by atoms with Crippen LogP contribution >= 0.6 is 0 Å². The summed E-state index contributed by atoms with van der Waals surface area (Å²) in [5.74, 6) is 4.36. The molecular weight excluding hydrogens is 407 g/mol. The molecular formula is C26H25F5. The number of aryl methyl sites for hydroxylation is 1. The van der Waals surface area contributed by atoms with E-state index in [2.05, 4.69) is 24.8 Å². The first-order valence-electron chi connectivity index (χ1n) is 11.0. The normalized spacial score (nSPS) is 22.8. The maximum atomic E-state index is 13.8. The van der Waals surface area contributed by atoms with E-state index in [0.29, 0.717) is 23.6 Å². The van der Waals surface area contributed by atoms with Crippen molar-refractivity contribution in [2.24, 2.45) is 11.8 Å². The van der Waals surface area contributed by atoms with Crippen LogP contribution in [0.15, 0.2) is 30.3 Å². The molecule has 2 aromatic carbocycles. The van der Waals surface area contributed by atoms with Crippen LogP contribution in [-0.2, 0) is 12.6 Å². The van der Waals surface area contributed by atoms with Crippen molar-refractivity contribution in [3.63, 3.8) is 0 Å². The van der Waals surface area contributed by atoms with Crippen molar-refractivity contribution < 1.29 is 22.0 Å². The molecule has 0 bridgehead atoms. The van der Waals surface area contributed by atoms with E-state index in [1.807, 2.05) is 12.1 Å². The average Bonchev–Trinajstić information content (AvgIpc) is 2.70. The van der Waals surface area contributed by atoms with E-state index < -0.39 is 23.4 Å². The van der Waals surface area contributed by atoms with Gasteiger partial charge in [0.1, 0.15) is 17.2 Å². The molecule has 0 spiro atoms. The van der Waals surface area contributed by atoms with Crippen LogP contribution in [0.3, 0.4) is 0 Å². The Balaban J connectivity index is 1.54. The molecule has 0 nitrogen and oxygen atoms in total. The predicted molar refractivity (Wildman–Crippen MR) is 111 cm³/mol. The monoisotopic (exact) mass is 432 g/mol. The molecule has 0 amide bonds. The third kappa shape index (κ3) is 4.63. The van der Waals surface area contributed by atoms with Gasteiger partial charge in [-0.3, -0.25) is 0 Å². The molecule has 3 atom stereocenters. The first kappa shape index (κ1) is 21.9. The van der Waals surface area contributed by atoms with E-state index in [1.54, 1.807) is 0 Å². The van der Waals surface area contributed by atoms with Gasteiger partial charge in [0.25, 0.3) is 0 Å². The van der Waals surface area contributed by atoms with Gasteiger partial charge in [0.05, 0.1) is 0 Å². The van der Waals surface area contributed by atoms with Crippen LogP contribution in [-0.4, -0.2) is 0 Å². The number of benzene rings is 2. The van der Waals surface area contributed by atoms with Crippen LogP contribution in [0.1, 0.15) is 79.2 Å². The largest absolute Gasteiger partial charge is 0.422 e. The van der Waals surface area contributed by atoms with Crippen LogP contribution < -0.4 is 0 Å². The zero-order valence-electron chi connectivity index (χ0n) is 17.5. The van der Waals surface area contributed by atoms with Gasteiger partial charge in [-0.05, 0) is 85.3 Å². The maximum absolute atomic E-state index is 13.8. The van der Waals surface area contributed by atoms with Gasteiger partial charge < -0.3 is 0 Å². The Labute approximate surface area is 179 Å². The maximum Gasteiger partial charge on any atom is 0.422 e. The summed E-state index contributed by atoms with van der Waals surface area (Å²) in [5, 5.41) is 0. The Morgan fingerprint density at radius 1 is 0.935 bits per heavy atom. The molecule has 0 heterocycles. The summed E-state index contributed by atoms with van der Waals surface area (Å²) in [7, 11) is 0. The Bertz CT molecular complexity index is 1000. The van der Waals surface area contributed by atoms with Gasteiger partial charge >= 0.3 is 6.18 Å². The van der Waals surface area contributed by atoms with Crippen LogP contribution in [0.25, 0.3) is 0 Å². The highest BCUT2D eigenvalue weighted by atomic mass is 19.4. The van der Waals surface area contributed by atoms with E-state index in [9.17, 15) is 22.0 Å². The highest BCUT2D eigenvalue weighted by molar-refractivity contribution is 5.48. The number of alkyl halides is 3. The van der Waals surface area contributed by atoms with E-state index in [-0.39, 0.29) is 5.56 Å². The van der Waals surface area contributed by atoms with Gasteiger partial charge in [-0.2, -0.15) is 13.2 Å². The van der Waals surface area contributed by atoms with Gasteiger partial charge in [-0.25, -0.2) is 8.78 Å². The molecule has 0 aromatic heterocycles. The molecule has 1 saturated carbocycles. The molecule has 2 aliphatic carbocycles. The highest BCUT2D eigenvalue weighted by Crippen LogP contribution is 2.47. The first-order chi connectivity index (χ1) is 14.8. The number of rotatable bonds is 2. The van der Waals surface area contributed by atoms with Crippen LogP contribution in [0.5, 0.6) is 0 Å². The van der Waals surface area contributed by atoms with E-state index in [0.717, 1.165) is 18.3 Å². The second kappa shape index (κ2) is 8.65. The fourth-order valence-electron chi connectivity index (χ4n) is 5.42. The lowest BCUT2D eigenvalue weighted by Gasteiger charge is -2.40. The minimum atomic E-state index is -5.08. The van der Waals surface area contributed by atoms with Crippen molar-refractivity contribution in [1.82, 2.24) is 0 Å². The van der Waals surface area contributed by atoms with Crippen molar-refractivity contribution in [1.29, 1.82) is 0 Å². The minimum absolute atomic E-state index is 0.116. The SMILES string of the molecule is CCC[C@@H]1CC[C@@H]2c3ccc(C#Cc4cc(F)c(C(F)(F)F)c(F)c4)cc3CC[C@@H]2C1. The van der Waals surface area contributed by atoms with Gasteiger partial charge in [0.15, 0.2) is 0 Å². The van der Waals surface area contributed by atoms with Gasteiger partial charge in [-0.1, -0.05) is 37.7 Å². The summed E-state index contributed by atoms with van der Waals surface area (Å²) in [6.07, 6.45) is 3.46. The summed E-state index contributed by atoms with van der Waals surface area (Å²) in [4.78, 5) is 0. The summed E-state index contributed by atoms with van der Waals surface area (Å²) in [6.45, 7) is 2.25. The van der Waals surface area contributed by atoms with E-state index >= 15 is 0 Å². The Kier molecular flexibility index (Phi) is 6.10. The smallest absolute Gasteiger partial charge is 0.206 e. The molecule has 0 radical (unpaired) electrons. The summed E-state index contributed by atoms with van der Waals surface area (Å²) >= 11 is 0. The van der Waals surface area contributed by atoms with Gasteiger partial charge in [0, 0.05) is 11.1 Å². The second-order valence-corrected chi connectivity index (χ2v) is 8.85. The quantitative estimate of drug-likeness (QED) is 0.338. The fourth-order valence-corrected chi connectivity index (χ4v) is 5.42. The van der Waals surface area contributed by atoms with Crippen molar-refractivity contribution in [3.05, 3.63) is 69.8 Å². The number of fused-ring (bicyclic) bond motifs is 3. The third-order valence-electron chi connectivity index (χ3n) is 6.79. The zero-order valence-corrected chi connectivity index (χ0v) is 17.5. The second-order valence-electron chi connectivity index (χ2n) is 8.85. The minimum Gasteiger partial charge on any atom is -0.206 e. The molecule has 2 aliphatic rings. The summed E-state index contributed by atoms with van der Waals surface area (Å²) < 4.78 is 65.7. The molecule has 5 heteroatoms. The molecule has 0 saturated heterocycles. The molecule has 0 unspecified atom stereocenters. The molecule has 1 fully saturated rings. The molecule has 164 valence electrons. The molecule has 0 N–H and O–H groups in total. The van der Waals surface area contributed by atoms with Crippen molar-refractivity contribution in [2.45, 2.75) is 64.0 Å². The van der Waals surface area contributed by atoms with Crippen LogP contribution in [0.2, 0.25) is 0 Å². The van der Waals surface area contributed by atoms with Crippen LogP contribution in [0.4, 0.5) is 22.0 Å². The summed E-state index contributed by atoms with van der Waals surface area (Å²) in [5.41, 5.74) is 1.37. The Morgan fingerprint density at radius 3 is 2.32 bits per heavy atom. The number of hydrogen-bond donors (Lipinski definition) is 0. The highest BCUT2D eigenvalue weighted by Gasteiger charge is 2.38. The lowest BCUT2D eigenvalue weighted by molar-refractivity contribution is -0.142. The fraction of sp³-hybridized carbons (Fsp3) is 0.462. The Morgan fingerprint density at radius 2 is 1.65 bits per heavy atom. The van der Waals surface area contributed by atoms with Crippen molar-refractivity contribution in [2.75, 3.05) is 0 Å². The summed E-state index contributed by atoms with van der Waals surface area (Å²) in [6, 6.07) is 7.31. The molecule has 0 aliphatic heterocycles. The van der Waals surface area contributed by atoms with Crippen molar-refractivity contribution in [3.8, 4) is 11.8 Å². The molecule has 31 heavy (non-hydrogen) atoms. The van der Waals surface area contributed by atoms with Gasteiger partial charge in [-0.15, -0.1) is 0 Å². The number of halogens is 5. The number of hydrogen-bond acceptors (Lipinski definition) is 0. The first-order valence-corrected chi connectivity index (χ1v) is 11.0. The topological polar surface area (TPSA) is 0 Å². The van der Waals surface area contributed by atoms with E-state index in [4.69, 9.17) is 0 Å². The predicted octanol–water partition coefficient (Wildman–Crippen LogP) is 7.63. The van der Waals surface area contributed by atoms with Crippen LogP contribution in [0, 0.1) is 35.3 Å². The third-order valence-corrected chi connectivity index (χ3v) is 6.79. The Hall–Kier alpha value is -2.35. The lowest BCUT2D eigenvalue weighted by Crippen LogP contribution is -2.28. The van der Waals surface area contributed by atoms with E-state index in [1.165, 1.54) is 49.7 Å². The average molecular weight is 432 g/mol. The van der Waals surface area contributed by atoms with Crippen molar-refractivity contribution >= 4 is 0 Å². The molecule has 2 aromatic rings. The lowest BCUT2D eigenvalue weighted by atomic mass is 9.64.